The monoisotopic (exact) mass is 618 g/mol. The molecule has 4 aromatic rings. The van der Waals surface area contributed by atoms with Crippen LogP contribution in [0.15, 0.2) is 103 Å². The van der Waals surface area contributed by atoms with Crippen LogP contribution in [-0.2, 0) is 27.1 Å². The van der Waals surface area contributed by atoms with Crippen LogP contribution >= 0.6 is 0 Å². The topological polar surface area (TPSA) is 123 Å². The van der Waals surface area contributed by atoms with E-state index in [2.05, 4.69) is 21.7 Å². The van der Waals surface area contributed by atoms with Crippen LogP contribution in [0.3, 0.4) is 0 Å². The molecule has 1 aliphatic heterocycles. The third-order valence-electron chi connectivity index (χ3n) is 8.04. The van der Waals surface area contributed by atoms with Gasteiger partial charge in [0.15, 0.2) is 5.78 Å². The number of nitriles is 1. The zero-order valence-corrected chi connectivity index (χ0v) is 25.8. The standard InChI is InChI=1S/C37H38N4O5/c1-44-37(43)41-36(35(27-11-4-2-5-12-27)28-13-6-3-7-14-28)34(42)21-29-15-9-19-40-33(29)18-17-31-23-39-24-32(46-31)25-45-30-16-8-10-26(20-30)22-38/h2-16,19-20,31-32,35-36,39H,17-18,21,23-25H2,1H3,(H,41,43)/t31-,32+,36-/m1/s1. The maximum absolute atomic E-state index is 14.1. The van der Waals surface area contributed by atoms with E-state index in [0.717, 1.165) is 22.4 Å². The molecule has 0 saturated carbocycles. The van der Waals surface area contributed by atoms with Crippen molar-refractivity contribution in [2.75, 3.05) is 26.8 Å². The maximum Gasteiger partial charge on any atom is 0.407 e. The van der Waals surface area contributed by atoms with Gasteiger partial charge in [0, 0.05) is 37.3 Å². The number of hydrogen-bond acceptors (Lipinski definition) is 8. The molecular formula is C37H38N4O5. The van der Waals surface area contributed by atoms with Crippen LogP contribution in [0.25, 0.3) is 0 Å². The molecule has 0 radical (unpaired) electrons. The van der Waals surface area contributed by atoms with E-state index in [0.29, 0.717) is 43.9 Å². The average Bonchev–Trinajstić information content (AvgIpc) is 3.11. The Bertz CT molecular complexity index is 1590. The first-order valence-electron chi connectivity index (χ1n) is 15.4. The second-order valence-corrected chi connectivity index (χ2v) is 11.2. The summed E-state index contributed by atoms with van der Waals surface area (Å²) in [5, 5.41) is 15.4. The number of benzene rings is 3. The summed E-state index contributed by atoms with van der Waals surface area (Å²) in [6, 6.07) is 31.5. The van der Waals surface area contributed by atoms with E-state index < -0.39 is 18.1 Å². The number of ketones is 1. The molecule has 0 bridgehead atoms. The summed E-state index contributed by atoms with van der Waals surface area (Å²) < 4.78 is 17.2. The van der Waals surface area contributed by atoms with Gasteiger partial charge in [0.2, 0.25) is 0 Å². The normalized spacial score (nSPS) is 16.6. The van der Waals surface area contributed by atoms with Crippen LogP contribution in [0, 0.1) is 11.3 Å². The molecule has 46 heavy (non-hydrogen) atoms. The van der Waals surface area contributed by atoms with Gasteiger partial charge in [0.1, 0.15) is 24.5 Å². The fourth-order valence-corrected chi connectivity index (χ4v) is 5.77. The number of amides is 1. The number of pyridine rings is 1. The summed E-state index contributed by atoms with van der Waals surface area (Å²) in [5.41, 5.74) is 4.00. The number of Topliss-reactive ketones (excluding diaryl/α,β-unsaturated/α-hetero) is 1. The zero-order valence-electron chi connectivity index (χ0n) is 25.8. The van der Waals surface area contributed by atoms with Crippen molar-refractivity contribution in [3.8, 4) is 11.8 Å². The van der Waals surface area contributed by atoms with Crippen molar-refractivity contribution in [3.05, 3.63) is 131 Å². The van der Waals surface area contributed by atoms with E-state index in [9.17, 15) is 9.59 Å². The molecule has 1 aliphatic rings. The number of morpholine rings is 1. The van der Waals surface area contributed by atoms with Crippen LogP contribution in [0.4, 0.5) is 4.79 Å². The largest absolute Gasteiger partial charge is 0.491 e. The molecule has 5 rings (SSSR count). The van der Waals surface area contributed by atoms with E-state index in [-0.39, 0.29) is 24.4 Å². The minimum absolute atomic E-state index is 0.0624. The van der Waals surface area contributed by atoms with Crippen LogP contribution in [-0.4, -0.2) is 61.9 Å². The number of carbonyl (C=O) groups excluding carboxylic acids is 2. The van der Waals surface area contributed by atoms with Crippen molar-refractivity contribution in [3.63, 3.8) is 0 Å². The Morgan fingerprint density at radius 3 is 2.39 bits per heavy atom. The molecule has 0 spiro atoms. The number of nitrogens with zero attached hydrogens (tertiary/aromatic N) is 2. The summed E-state index contributed by atoms with van der Waals surface area (Å²) in [6.07, 6.45) is 2.27. The highest BCUT2D eigenvalue weighted by Gasteiger charge is 2.33. The summed E-state index contributed by atoms with van der Waals surface area (Å²) >= 11 is 0. The van der Waals surface area contributed by atoms with Gasteiger partial charge in [-0.2, -0.15) is 5.26 Å². The van der Waals surface area contributed by atoms with Crippen LogP contribution in [0.5, 0.6) is 5.75 Å². The van der Waals surface area contributed by atoms with E-state index in [1.54, 1.807) is 24.4 Å². The summed E-state index contributed by atoms with van der Waals surface area (Å²) in [7, 11) is 1.29. The van der Waals surface area contributed by atoms with Crippen LogP contribution in [0.1, 0.15) is 40.3 Å². The highest BCUT2D eigenvalue weighted by molar-refractivity contribution is 5.90. The molecule has 1 saturated heterocycles. The molecule has 9 heteroatoms. The third kappa shape index (κ3) is 8.78. The minimum atomic E-state index is -0.870. The molecule has 1 fully saturated rings. The molecular weight excluding hydrogens is 580 g/mol. The minimum Gasteiger partial charge on any atom is -0.491 e. The molecule has 236 valence electrons. The smallest absolute Gasteiger partial charge is 0.407 e. The summed E-state index contributed by atoms with van der Waals surface area (Å²) in [5.74, 6) is 0.0670. The lowest BCUT2D eigenvalue weighted by Gasteiger charge is -2.31. The van der Waals surface area contributed by atoms with Gasteiger partial charge in [-0.15, -0.1) is 0 Å². The zero-order chi connectivity index (χ0) is 32.1. The van der Waals surface area contributed by atoms with Crippen molar-refractivity contribution in [1.82, 2.24) is 15.6 Å². The van der Waals surface area contributed by atoms with Crippen molar-refractivity contribution < 1.29 is 23.8 Å². The molecule has 0 unspecified atom stereocenters. The lowest BCUT2D eigenvalue weighted by atomic mass is 9.81. The number of alkyl carbamates (subject to hydrolysis) is 1. The molecule has 2 heterocycles. The SMILES string of the molecule is COC(=O)N[C@H](C(=O)Cc1cccnc1CC[C@@H]1CNC[C@@H](COc2cccc(C#N)c2)O1)C(c1ccccc1)c1ccccc1. The van der Waals surface area contributed by atoms with E-state index >= 15 is 0 Å². The number of hydrogen-bond donors (Lipinski definition) is 2. The Morgan fingerprint density at radius 1 is 0.978 bits per heavy atom. The van der Waals surface area contributed by atoms with Gasteiger partial charge < -0.3 is 24.8 Å². The predicted octanol–water partition coefficient (Wildman–Crippen LogP) is 4.99. The Labute approximate surface area is 269 Å². The number of aryl methyl sites for hydroxylation is 1. The number of methoxy groups -OCH3 is 1. The average molecular weight is 619 g/mol. The second kappa shape index (κ2) is 16.3. The Morgan fingerprint density at radius 2 is 1.70 bits per heavy atom. The summed E-state index contributed by atoms with van der Waals surface area (Å²) in [4.78, 5) is 31.3. The highest BCUT2D eigenvalue weighted by atomic mass is 16.5. The van der Waals surface area contributed by atoms with Crippen molar-refractivity contribution in [2.24, 2.45) is 0 Å². The van der Waals surface area contributed by atoms with Gasteiger partial charge >= 0.3 is 6.09 Å². The van der Waals surface area contributed by atoms with Crippen LogP contribution < -0.4 is 15.4 Å². The number of aromatic nitrogens is 1. The molecule has 3 atom stereocenters. The van der Waals surface area contributed by atoms with Gasteiger partial charge in [-0.25, -0.2) is 4.79 Å². The first-order valence-corrected chi connectivity index (χ1v) is 15.4. The van der Waals surface area contributed by atoms with E-state index in [1.807, 2.05) is 78.9 Å². The number of nitrogens with one attached hydrogen (secondary N) is 2. The molecule has 1 aromatic heterocycles. The van der Waals surface area contributed by atoms with Crippen molar-refractivity contribution in [2.45, 2.75) is 43.4 Å². The van der Waals surface area contributed by atoms with E-state index in [1.165, 1.54) is 7.11 Å². The quantitative estimate of drug-likeness (QED) is 0.215. The lowest BCUT2D eigenvalue weighted by Crippen LogP contribution is -2.47. The Balaban J connectivity index is 1.27. The highest BCUT2D eigenvalue weighted by Crippen LogP contribution is 2.30. The maximum atomic E-state index is 14.1. The third-order valence-corrected chi connectivity index (χ3v) is 8.04. The van der Waals surface area contributed by atoms with Gasteiger partial charge in [-0.1, -0.05) is 72.8 Å². The van der Waals surface area contributed by atoms with Gasteiger partial charge in [0.25, 0.3) is 0 Å². The van der Waals surface area contributed by atoms with Gasteiger partial charge in [-0.05, 0) is 53.8 Å². The lowest BCUT2D eigenvalue weighted by molar-refractivity contribution is -0.120. The molecule has 2 N–H and O–H groups in total. The van der Waals surface area contributed by atoms with Crippen LogP contribution in [0.2, 0.25) is 0 Å². The Hall–Kier alpha value is -5.04. The molecule has 1 amide bonds. The first kappa shape index (κ1) is 32.4. The van der Waals surface area contributed by atoms with Crippen molar-refractivity contribution >= 4 is 11.9 Å². The molecule has 3 aromatic carbocycles. The number of rotatable bonds is 13. The number of ether oxygens (including phenoxy) is 3. The number of carbonyl (C=O) groups is 2. The fourth-order valence-electron chi connectivity index (χ4n) is 5.77. The Kier molecular flexibility index (Phi) is 11.5. The molecule has 9 nitrogen and oxygen atoms in total. The predicted molar refractivity (Wildman–Crippen MR) is 174 cm³/mol. The fraction of sp³-hybridized carbons (Fsp3) is 0.297. The van der Waals surface area contributed by atoms with Gasteiger partial charge in [-0.3, -0.25) is 9.78 Å². The second-order valence-electron chi connectivity index (χ2n) is 11.2. The van der Waals surface area contributed by atoms with Gasteiger partial charge in [0.05, 0.1) is 24.8 Å². The van der Waals surface area contributed by atoms with Crippen molar-refractivity contribution in [1.29, 1.82) is 5.26 Å². The molecule has 0 aliphatic carbocycles. The first-order chi connectivity index (χ1) is 22.5. The summed E-state index contributed by atoms with van der Waals surface area (Å²) in [6.45, 7) is 1.72. The van der Waals surface area contributed by atoms with E-state index in [4.69, 9.17) is 19.5 Å².